The maximum atomic E-state index is 13.1. The first kappa shape index (κ1) is 23.8. The van der Waals surface area contributed by atoms with Gasteiger partial charge in [0.2, 0.25) is 11.8 Å². The molecule has 4 amide bonds. The van der Waals surface area contributed by atoms with E-state index in [1.54, 1.807) is 44.3 Å². The molecule has 5 N–H and O–H groups in total. The van der Waals surface area contributed by atoms with Gasteiger partial charge in [0, 0.05) is 23.5 Å². The lowest BCUT2D eigenvalue weighted by Crippen LogP contribution is -2.57. The quantitative estimate of drug-likeness (QED) is 0.355. The summed E-state index contributed by atoms with van der Waals surface area (Å²) < 4.78 is 0. The first-order valence-corrected chi connectivity index (χ1v) is 11.3. The largest absolute Gasteiger partial charge is 0.480 e. The number of benzene rings is 2. The van der Waals surface area contributed by atoms with E-state index in [9.17, 15) is 24.3 Å². The van der Waals surface area contributed by atoms with Crippen molar-refractivity contribution in [3.63, 3.8) is 0 Å². The number of hydrogen-bond donors (Lipinski definition) is 5. The number of H-pyrrole nitrogens is 1. The summed E-state index contributed by atoms with van der Waals surface area (Å²) in [7, 11) is 0. The van der Waals surface area contributed by atoms with Crippen LogP contribution in [-0.2, 0) is 20.8 Å². The molecule has 1 aliphatic heterocycles. The first-order chi connectivity index (χ1) is 16.7. The molecule has 10 heteroatoms. The maximum Gasteiger partial charge on any atom is 0.326 e. The number of fused-ring (bicyclic) bond motifs is 2. The van der Waals surface area contributed by atoms with Crippen LogP contribution in [0.2, 0.25) is 0 Å². The van der Waals surface area contributed by atoms with Crippen molar-refractivity contribution in [2.75, 3.05) is 16.8 Å². The van der Waals surface area contributed by atoms with Crippen LogP contribution in [-0.4, -0.2) is 52.5 Å². The second kappa shape index (κ2) is 9.88. The number of carbonyl (C=O) groups excluding carboxylic acids is 3. The zero-order chi connectivity index (χ0) is 25.1. The zero-order valence-electron chi connectivity index (χ0n) is 19.4. The number of carboxylic acid groups (broad SMARTS) is 1. The summed E-state index contributed by atoms with van der Waals surface area (Å²) in [6.07, 6.45) is 1.80. The van der Waals surface area contributed by atoms with Gasteiger partial charge in [-0.05, 0) is 29.7 Å². The standard InChI is InChI=1S/C25H27N5O5/c1-14(2)22(29-25(35)30-13-21(31)27-18-9-5-6-10-20(18)30)23(32)28-19(24(33)34)11-15-12-26-17-8-4-3-7-16(15)17/h3-10,12,14,19,22,26H,11,13H2,1-2H3,(H,27,31)(H,28,32)(H,29,35)(H,33,34)/t19-,22-/m0/s1. The van der Waals surface area contributed by atoms with Crippen LogP contribution in [0, 0.1) is 5.92 Å². The number of rotatable bonds is 7. The summed E-state index contributed by atoms with van der Waals surface area (Å²) in [5.74, 6) is -2.49. The summed E-state index contributed by atoms with van der Waals surface area (Å²) in [6, 6.07) is 11.5. The van der Waals surface area contributed by atoms with Crippen molar-refractivity contribution in [3.05, 3.63) is 60.3 Å². The maximum absolute atomic E-state index is 13.1. The number of aromatic nitrogens is 1. The topological polar surface area (TPSA) is 144 Å². The van der Waals surface area contributed by atoms with Crippen molar-refractivity contribution in [1.29, 1.82) is 0 Å². The Labute approximate surface area is 201 Å². The second-order valence-corrected chi connectivity index (χ2v) is 8.79. The summed E-state index contributed by atoms with van der Waals surface area (Å²) in [5.41, 5.74) is 2.63. The average Bonchev–Trinajstić information content (AvgIpc) is 3.23. The lowest BCUT2D eigenvalue weighted by molar-refractivity contribution is -0.142. The lowest BCUT2D eigenvalue weighted by atomic mass is 10.0. The molecule has 182 valence electrons. The van der Waals surface area contributed by atoms with Crippen molar-refractivity contribution in [3.8, 4) is 0 Å². The Kier molecular flexibility index (Phi) is 6.72. The van der Waals surface area contributed by atoms with Crippen LogP contribution in [0.15, 0.2) is 54.7 Å². The van der Waals surface area contributed by atoms with Crippen LogP contribution in [0.4, 0.5) is 16.2 Å². The highest BCUT2D eigenvalue weighted by atomic mass is 16.4. The smallest absolute Gasteiger partial charge is 0.326 e. The highest BCUT2D eigenvalue weighted by molar-refractivity contribution is 6.10. The lowest BCUT2D eigenvalue weighted by Gasteiger charge is -2.31. The van der Waals surface area contributed by atoms with Gasteiger partial charge in [0.15, 0.2) is 0 Å². The molecule has 0 fully saturated rings. The molecule has 0 aliphatic carbocycles. The van der Waals surface area contributed by atoms with Crippen molar-refractivity contribution in [2.45, 2.75) is 32.4 Å². The number of hydrogen-bond acceptors (Lipinski definition) is 4. The van der Waals surface area contributed by atoms with Crippen molar-refractivity contribution in [2.24, 2.45) is 5.92 Å². The van der Waals surface area contributed by atoms with E-state index in [4.69, 9.17) is 0 Å². The van der Waals surface area contributed by atoms with Crippen LogP contribution in [0.5, 0.6) is 0 Å². The van der Waals surface area contributed by atoms with Gasteiger partial charge in [-0.15, -0.1) is 0 Å². The van der Waals surface area contributed by atoms with E-state index >= 15 is 0 Å². The summed E-state index contributed by atoms with van der Waals surface area (Å²) in [5, 5.41) is 18.6. The third-order valence-corrected chi connectivity index (χ3v) is 5.96. The van der Waals surface area contributed by atoms with Gasteiger partial charge in [-0.1, -0.05) is 44.2 Å². The van der Waals surface area contributed by atoms with Gasteiger partial charge in [-0.25, -0.2) is 9.59 Å². The molecule has 1 aliphatic rings. The van der Waals surface area contributed by atoms with E-state index in [0.29, 0.717) is 11.4 Å². The number of carbonyl (C=O) groups is 4. The van der Waals surface area contributed by atoms with Gasteiger partial charge >= 0.3 is 12.0 Å². The van der Waals surface area contributed by atoms with E-state index in [-0.39, 0.29) is 24.8 Å². The molecule has 35 heavy (non-hydrogen) atoms. The van der Waals surface area contributed by atoms with Crippen molar-refractivity contribution < 1.29 is 24.3 Å². The molecule has 0 bridgehead atoms. The van der Waals surface area contributed by atoms with Gasteiger partial charge in [0.1, 0.15) is 18.6 Å². The predicted octanol–water partition coefficient (Wildman–Crippen LogP) is 2.47. The molecule has 2 heterocycles. The minimum absolute atomic E-state index is 0.0729. The summed E-state index contributed by atoms with van der Waals surface area (Å²) >= 11 is 0. The monoisotopic (exact) mass is 477 g/mol. The fourth-order valence-electron chi connectivity index (χ4n) is 4.14. The molecule has 1 aromatic heterocycles. The molecule has 4 rings (SSSR count). The Balaban J connectivity index is 1.49. The van der Waals surface area contributed by atoms with Gasteiger partial charge in [-0.2, -0.15) is 0 Å². The van der Waals surface area contributed by atoms with Crippen LogP contribution in [0.3, 0.4) is 0 Å². The number of amides is 4. The Morgan fingerprint density at radius 3 is 2.51 bits per heavy atom. The molecule has 2 aromatic carbocycles. The van der Waals surface area contributed by atoms with Crippen LogP contribution >= 0.6 is 0 Å². The number of nitrogens with one attached hydrogen (secondary N) is 4. The van der Waals surface area contributed by atoms with E-state index < -0.39 is 30.0 Å². The number of anilines is 2. The zero-order valence-corrected chi connectivity index (χ0v) is 19.4. The minimum Gasteiger partial charge on any atom is -0.480 e. The molecule has 0 saturated heterocycles. The second-order valence-electron chi connectivity index (χ2n) is 8.79. The fourth-order valence-corrected chi connectivity index (χ4v) is 4.14. The van der Waals surface area contributed by atoms with Gasteiger partial charge in [0.25, 0.3) is 0 Å². The molecule has 10 nitrogen and oxygen atoms in total. The Bertz CT molecular complexity index is 1280. The molecular formula is C25H27N5O5. The molecule has 0 unspecified atom stereocenters. The van der Waals surface area contributed by atoms with Gasteiger partial charge < -0.3 is 26.0 Å². The first-order valence-electron chi connectivity index (χ1n) is 11.3. The van der Waals surface area contributed by atoms with E-state index in [1.807, 2.05) is 24.3 Å². The normalized spacial score (nSPS) is 14.7. The highest BCUT2D eigenvalue weighted by Crippen LogP contribution is 2.29. The molecule has 3 aromatic rings. The minimum atomic E-state index is -1.19. The molecular weight excluding hydrogens is 450 g/mol. The van der Waals surface area contributed by atoms with Gasteiger partial charge in [-0.3, -0.25) is 14.5 Å². The number of urea groups is 1. The van der Waals surface area contributed by atoms with E-state index in [0.717, 1.165) is 16.5 Å². The Morgan fingerprint density at radius 2 is 1.77 bits per heavy atom. The van der Waals surface area contributed by atoms with Crippen molar-refractivity contribution in [1.82, 2.24) is 15.6 Å². The van der Waals surface area contributed by atoms with Crippen LogP contribution < -0.4 is 20.9 Å². The molecule has 0 spiro atoms. The SMILES string of the molecule is CC(C)[C@H](NC(=O)N1CC(=O)Nc2ccccc21)C(=O)N[C@@H](Cc1c[nH]c2ccccc12)C(=O)O. The number of para-hydroxylation sites is 3. The molecule has 0 radical (unpaired) electrons. The van der Waals surface area contributed by atoms with E-state index in [1.165, 1.54) is 4.90 Å². The third kappa shape index (κ3) is 5.11. The number of aromatic amines is 1. The average molecular weight is 478 g/mol. The fraction of sp³-hybridized carbons (Fsp3) is 0.280. The summed E-state index contributed by atoms with van der Waals surface area (Å²) in [4.78, 5) is 54.6. The summed E-state index contributed by atoms with van der Waals surface area (Å²) in [6.45, 7) is 3.29. The van der Waals surface area contributed by atoms with Crippen LogP contribution in [0.1, 0.15) is 19.4 Å². The number of carboxylic acids is 1. The molecule has 0 saturated carbocycles. The highest BCUT2D eigenvalue weighted by Gasteiger charge is 2.33. The van der Waals surface area contributed by atoms with E-state index in [2.05, 4.69) is 20.9 Å². The Morgan fingerprint density at radius 1 is 1.06 bits per heavy atom. The number of nitrogens with zero attached hydrogens (tertiary/aromatic N) is 1. The Hall–Kier alpha value is -4.34. The van der Waals surface area contributed by atoms with Crippen LogP contribution in [0.25, 0.3) is 10.9 Å². The van der Waals surface area contributed by atoms with Crippen molar-refractivity contribution >= 4 is 46.1 Å². The predicted molar refractivity (Wildman–Crippen MR) is 131 cm³/mol. The number of aliphatic carboxylic acids is 1. The third-order valence-electron chi connectivity index (χ3n) is 5.96. The molecule has 2 atom stereocenters. The van der Waals surface area contributed by atoms with Gasteiger partial charge in [0.05, 0.1) is 11.4 Å².